The number of nitrogens with zero attached hydrogens (tertiary/aromatic N) is 1. The lowest BCUT2D eigenvalue weighted by molar-refractivity contribution is 0.175. The van der Waals surface area contributed by atoms with Crippen molar-refractivity contribution in [2.75, 3.05) is 31.5 Å². The molecule has 0 aromatic heterocycles. The van der Waals surface area contributed by atoms with Gasteiger partial charge in [-0.3, -0.25) is 4.90 Å². The Morgan fingerprint density at radius 1 is 1.04 bits per heavy atom. The van der Waals surface area contributed by atoms with Crippen LogP contribution >= 0.6 is 0 Å². The molecule has 2 atom stereocenters. The summed E-state index contributed by atoms with van der Waals surface area (Å²) in [4.78, 5) is 14.0. The molecule has 2 unspecified atom stereocenters. The third kappa shape index (κ3) is 3.40. The molecular weight excluding hydrogens is 332 g/mol. The number of carbonyl (C=O) groups is 1. The summed E-state index contributed by atoms with van der Waals surface area (Å²) < 4.78 is 15.6. The fraction of sp³-hybridized carbons (Fsp3) is 0.350. The van der Waals surface area contributed by atoms with Crippen LogP contribution in [-0.4, -0.2) is 33.5 Å². The van der Waals surface area contributed by atoms with E-state index in [2.05, 4.69) is 5.32 Å². The van der Waals surface area contributed by atoms with Crippen LogP contribution in [0.4, 0.5) is 16.2 Å². The van der Waals surface area contributed by atoms with Gasteiger partial charge in [-0.25, -0.2) is 4.79 Å². The standard InChI is InChI=1S/C20H24N2O4/c1-13-11-18(21-14-5-7-15(24-2)8-6-14)17-12-16(25-3)9-10-19(17)22(13)20(23)26-4/h5-10,12-13,18,21H,11H2,1-4H3. The number of fused-ring (bicyclic) bond motifs is 1. The van der Waals surface area contributed by atoms with Gasteiger partial charge >= 0.3 is 6.09 Å². The maximum Gasteiger partial charge on any atom is 0.414 e. The van der Waals surface area contributed by atoms with Gasteiger partial charge in [0.2, 0.25) is 0 Å². The van der Waals surface area contributed by atoms with Gasteiger partial charge in [0.1, 0.15) is 11.5 Å². The molecule has 1 aliphatic heterocycles. The van der Waals surface area contributed by atoms with E-state index in [-0.39, 0.29) is 18.2 Å². The first-order valence-electron chi connectivity index (χ1n) is 8.53. The summed E-state index contributed by atoms with van der Waals surface area (Å²) in [7, 11) is 4.69. The van der Waals surface area contributed by atoms with Crippen LogP contribution in [0.25, 0.3) is 0 Å². The molecular formula is C20H24N2O4. The first-order valence-corrected chi connectivity index (χ1v) is 8.53. The van der Waals surface area contributed by atoms with E-state index in [9.17, 15) is 4.79 Å². The highest BCUT2D eigenvalue weighted by Crippen LogP contribution is 2.41. The number of ether oxygens (including phenoxy) is 3. The maximum absolute atomic E-state index is 12.3. The van der Waals surface area contributed by atoms with Gasteiger partial charge in [-0.15, -0.1) is 0 Å². The second-order valence-electron chi connectivity index (χ2n) is 6.27. The number of nitrogens with one attached hydrogen (secondary N) is 1. The minimum Gasteiger partial charge on any atom is -0.497 e. The van der Waals surface area contributed by atoms with Gasteiger partial charge in [-0.1, -0.05) is 0 Å². The van der Waals surface area contributed by atoms with Gasteiger partial charge in [0.15, 0.2) is 0 Å². The van der Waals surface area contributed by atoms with Crippen LogP contribution in [0.3, 0.4) is 0 Å². The van der Waals surface area contributed by atoms with Crippen LogP contribution in [0.5, 0.6) is 11.5 Å². The number of benzene rings is 2. The molecule has 3 rings (SSSR count). The van der Waals surface area contributed by atoms with Crippen molar-refractivity contribution >= 4 is 17.5 Å². The molecule has 1 amide bonds. The number of hydrogen-bond acceptors (Lipinski definition) is 5. The van der Waals surface area contributed by atoms with E-state index in [0.717, 1.165) is 34.9 Å². The Bertz CT molecular complexity index is 776. The molecule has 6 nitrogen and oxygen atoms in total. The monoisotopic (exact) mass is 356 g/mol. The van der Waals surface area contributed by atoms with E-state index in [1.165, 1.54) is 7.11 Å². The Kier molecular flexibility index (Phi) is 5.21. The molecule has 1 heterocycles. The number of amides is 1. The van der Waals surface area contributed by atoms with Crippen LogP contribution in [0.2, 0.25) is 0 Å². The largest absolute Gasteiger partial charge is 0.497 e. The fourth-order valence-electron chi connectivity index (χ4n) is 3.37. The molecule has 6 heteroatoms. The summed E-state index contributed by atoms with van der Waals surface area (Å²) in [6.45, 7) is 2.02. The lowest BCUT2D eigenvalue weighted by Gasteiger charge is -2.39. The maximum atomic E-state index is 12.3. The number of hydrogen-bond donors (Lipinski definition) is 1. The van der Waals surface area contributed by atoms with Gasteiger partial charge in [0.05, 0.1) is 33.1 Å². The zero-order chi connectivity index (χ0) is 18.7. The number of rotatable bonds is 4. The van der Waals surface area contributed by atoms with Crippen molar-refractivity contribution in [2.45, 2.75) is 25.4 Å². The van der Waals surface area contributed by atoms with Crippen molar-refractivity contribution in [1.82, 2.24) is 0 Å². The molecule has 0 radical (unpaired) electrons. The SMILES string of the molecule is COC(=O)N1c2ccc(OC)cc2C(Nc2ccc(OC)cc2)CC1C. The molecule has 26 heavy (non-hydrogen) atoms. The van der Waals surface area contributed by atoms with Crippen molar-refractivity contribution < 1.29 is 19.0 Å². The minimum absolute atomic E-state index is 0.000840. The zero-order valence-electron chi connectivity index (χ0n) is 15.5. The third-order valence-electron chi connectivity index (χ3n) is 4.69. The number of anilines is 2. The first-order chi connectivity index (χ1) is 12.6. The van der Waals surface area contributed by atoms with E-state index < -0.39 is 0 Å². The quantitative estimate of drug-likeness (QED) is 0.889. The highest BCUT2D eigenvalue weighted by Gasteiger charge is 2.34. The molecule has 1 aliphatic rings. The molecule has 0 spiro atoms. The van der Waals surface area contributed by atoms with Gasteiger partial charge in [0.25, 0.3) is 0 Å². The van der Waals surface area contributed by atoms with Crippen LogP contribution in [0.15, 0.2) is 42.5 Å². The number of carbonyl (C=O) groups excluding carboxylic acids is 1. The predicted molar refractivity (Wildman–Crippen MR) is 101 cm³/mol. The zero-order valence-corrected chi connectivity index (χ0v) is 15.5. The molecule has 0 aliphatic carbocycles. The van der Waals surface area contributed by atoms with Crippen LogP contribution in [0, 0.1) is 0 Å². The van der Waals surface area contributed by atoms with Gasteiger partial charge in [-0.2, -0.15) is 0 Å². The highest BCUT2D eigenvalue weighted by molar-refractivity contribution is 5.90. The van der Waals surface area contributed by atoms with Gasteiger partial charge in [0, 0.05) is 17.3 Å². The van der Waals surface area contributed by atoms with Crippen LogP contribution in [0.1, 0.15) is 24.9 Å². The topological polar surface area (TPSA) is 60.0 Å². The van der Waals surface area contributed by atoms with Crippen molar-refractivity contribution in [3.63, 3.8) is 0 Å². The average Bonchev–Trinajstić information content (AvgIpc) is 2.68. The minimum atomic E-state index is -0.355. The second-order valence-corrected chi connectivity index (χ2v) is 6.27. The molecule has 1 N–H and O–H groups in total. The Balaban J connectivity index is 1.96. The molecule has 2 aromatic carbocycles. The summed E-state index contributed by atoms with van der Waals surface area (Å²) >= 11 is 0. The van der Waals surface area contributed by atoms with E-state index in [1.54, 1.807) is 19.1 Å². The fourth-order valence-corrected chi connectivity index (χ4v) is 3.37. The molecule has 0 saturated carbocycles. The predicted octanol–water partition coefficient (Wildman–Crippen LogP) is 4.22. The first kappa shape index (κ1) is 17.9. The number of methoxy groups -OCH3 is 3. The summed E-state index contributed by atoms with van der Waals surface area (Å²) in [5, 5.41) is 3.56. The summed E-state index contributed by atoms with van der Waals surface area (Å²) in [6.07, 6.45) is 0.396. The van der Waals surface area contributed by atoms with Crippen molar-refractivity contribution in [2.24, 2.45) is 0 Å². The van der Waals surface area contributed by atoms with E-state index in [0.29, 0.717) is 0 Å². The van der Waals surface area contributed by atoms with Crippen molar-refractivity contribution in [3.8, 4) is 11.5 Å². The summed E-state index contributed by atoms with van der Waals surface area (Å²) in [5.74, 6) is 1.57. The lowest BCUT2D eigenvalue weighted by Crippen LogP contribution is -2.44. The lowest BCUT2D eigenvalue weighted by atomic mass is 9.91. The molecule has 2 aromatic rings. The normalized spacial score (nSPS) is 18.7. The smallest absolute Gasteiger partial charge is 0.414 e. The Hall–Kier alpha value is -2.89. The van der Waals surface area contributed by atoms with Crippen LogP contribution < -0.4 is 19.7 Å². The van der Waals surface area contributed by atoms with Crippen molar-refractivity contribution in [3.05, 3.63) is 48.0 Å². The molecule has 0 saturated heterocycles. The van der Waals surface area contributed by atoms with Gasteiger partial charge < -0.3 is 19.5 Å². The average molecular weight is 356 g/mol. The van der Waals surface area contributed by atoms with Crippen LogP contribution in [-0.2, 0) is 4.74 Å². The second kappa shape index (κ2) is 7.56. The summed E-state index contributed by atoms with van der Waals surface area (Å²) in [5.41, 5.74) is 2.83. The Labute approximate surface area is 153 Å². The highest BCUT2D eigenvalue weighted by atomic mass is 16.5. The van der Waals surface area contributed by atoms with Gasteiger partial charge in [-0.05, 0) is 55.8 Å². The third-order valence-corrected chi connectivity index (χ3v) is 4.69. The van der Waals surface area contributed by atoms with E-state index in [1.807, 2.05) is 49.4 Å². The van der Waals surface area contributed by atoms with E-state index in [4.69, 9.17) is 14.2 Å². The molecule has 0 bridgehead atoms. The molecule has 0 fully saturated rings. The Morgan fingerprint density at radius 3 is 2.31 bits per heavy atom. The summed E-state index contributed by atoms with van der Waals surface area (Å²) in [6, 6.07) is 13.6. The Morgan fingerprint density at radius 2 is 1.69 bits per heavy atom. The van der Waals surface area contributed by atoms with E-state index >= 15 is 0 Å². The molecule has 138 valence electrons. The van der Waals surface area contributed by atoms with Crippen molar-refractivity contribution in [1.29, 1.82) is 0 Å².